The molecular weight excluding hydrogens is 322 g/mol. The third kappa shape index (κ3) is 2.76. The first-order chi connectivity index (χ1) is 12.0. The van der Waals surface area contributed by atoms with Gasteiger partial charge in [0.1, 0.15) is 11.5 Å². The number of phenols is 2. The van der Waals surface area contributed by atoms with E-state index in [0.717, 1.165) is 18.9 Å². The monoisotopic (exact) mass is 339 g/mol. The molecule has 6 nitrogen and oxygen atoms in total. The van der Waals surface area contributed by atoms with Crippen LogP contribution in [0.2, 0.25) is 0 Å². The average molecular weight is 339 g/mol. The van der Waals surface area contributed by atoms with Crippen molar-refractivity contribution >= 4 is 17.5 Å². The van der Waals surface area contributed by atoms with Gasteiger partial charge in [-0.2, -0.15) is 0 Å². The first-order valence-corrected chi connectivity index (χ1v) is 8.02. The minimum atomic E-state index is -0.641. The van der Waals surface area contributed by atoms with Crippen LogP contribution in [-0.2, 0) is 0 Å². The molecular formula is C19H17NO5. The van der Waals surface area contributed by atoms with Gasteiger partial charge in [-0.15, -0.1) is 0 Å². The fourth-order valence-electron chi connectivity index (χ4n) is 2.89. The number of hydrogen-bond donors (Lipinski definition) is 3. The molecule has 2 aromatic carbocycles. The molecule has 1 amide bonds. The lowest BCUT2D eigenvalue weighted by atomic mass is 9.82. The molecule has 0 atom stereocenters. The summed E-state index contributed by atoms with van der Waals surface area (Å²) in [6.07, 6.45) is 1.73. The Hall–Kier alpha value is -3.15. The van der Waals surface area contributed by atoms with Gasteiger partial charge in [0.2, 0.25) is 5.78 Å². The van der Waals surface area contributed by atoms with E-state index in [1.165, 1.54) is 24.3 Å². The van der Waals surface area contributed by atoms with Gasteiger partial charge in [-0.3, -0.25) is 14.4 Å². The lowest BCUT2D eigenvalue weighted by Crippen LogP contribution is -2.26. The zero-order valence-electron chi connectivity index (χ0n) is 13.6. The molecule has 3 N–H and O–H groups in total. The number of rotatable bonds is 4. The molecule has 0 saturated carbocycles. The molecule has 0 bridgehead atoms. The minimum absolute atomic E-state index is 0.0382. The summed E-state index contributed by atoms with van der Waals surface area (Å²) in [7, 11) is 0. The van der Waals surface area contributed by atoms with Crippen molar-refractivity contribution < 1.29 is 24.6 Å². The number of phenolic OH excluding ortho intramolecular Hbond substituents is 2. The molecule has 0 heterocycles. The van der Waals surface area contributed by atoms with E-state index in [9.17, 15) is 24.6 Å². The van der Waals surface area contributed by atoms with Crippen LogP contribution in [0.25, 0.3) is 0 Å². The maximum absolute atomic E-state index is 12.7. The van der Waals surface area contributed by atoms with Crippen molar-refractivity contribution in [3.05, 3.63) is 58.1 Å². The van der Waals surface area contributed by atoms with Crippen LogP contribution in [0.4, 0.5) is 0 Å². The molecule has 0 saturated heterocycles. The van der Waals surface area contributed by atoms with Crippen LogP contribution in [0, 0.1) is 0 Å². The topological polar surface area (TPSA) is 104 Å². The van der Waals surface area contributed by atoms with Gasteiger partial charge in [-0.25, -0.2) is 0 Å². The summed E-state index contributed by atoms with van der Waals surface area (Å²) in [6, 6.07) is 6.68. The van der Waals surface area contributed by atoms with Gasteiger partial charge >= 0.3 is 0 Å². The van der Waals surface area contributed by atoms with Crippen LogP contribution >= 0.6 is 0 Å². The number of hydrogen-bond acceptors (Lipinski definition) is 5. The van der Waals surface area contributed by atoms with Crippen molar-refractivity contribution in [2.45, 2.75) is 19.8 Å². The van der Waals surface area contributed by atoms with Gasteiger partial charge in [-0.05, 0) is 24.6 Å². The highest BCUT2D eigenvalue weighted by Gasteiger charge is 2.34. The predicted molar refractivity (Wildman–Crippen MR) is 90.3 cm³/mol. The number of ketones is 2. The quantitative estimate of drug-likeness (QED) is 0.633. The van der Waals surface area contributed by atoms with Crippen LogP contribution in [0.3, 0.4) is 0 Å². The van der Waals surface area contributed by atoms with Gasteiger partial charge in [-0.1, -0.05) is 25.5 Å². The highest BCUT2D eigenvalue weighted by atomic mass is 16.3. The molecule has 0 fully saturated rings. The molecule has 0 radical (unpaired) electrons. The summed E-state index contributed by atoms with van der Waals surface area (Å²) < 4.78 is 0. The number of fused-ring (bicyclic) bond motifs is 2. The van der Waals surface area contributed by atoms with E-state index in [1.54, 1.807) is 0 Å². The SMILES string of the molecule is CCCCNC(=O)c1cc(O)c2c(c1)C(=O)c1cccc(O)c1C2=O. The van der Waals surface area contributed by atoms with Gasteiger partial charge in [0, 0.05) is 23.2 Å². The zero-order valence-corrected chi connectivity index (χ0v) is 13.6. The second-order valence-electron chi connectivity index (χ2n) is 5.89. The van der Waals surface area contributed by atoms with Gasteiger partial charge in [0.15, 0.2) is 5.78 Å². The van der Waals surface area contributed by atoms with Crippen molar-refractivity contribution in [2.75, 3.05) is 6.54 Å². The third-order valence-electron chi connectivity index (χ3n) is 4.18. The van der Waals surface area contributed by atoms with E-state index in [2.05, 4.69) is 5.32 Å². The average Bonchev–Trinajstić information content (AvgIpc) is 2.59. The summed E-state index contributed by atoms with van der Waals surface area (Å²) in [5, 5.41) is 22.8. The summed E-state index contributed by atoms with van der Waals surface area (Å²) >= 11 is 0. The maximum atomic E-state index is 12.7. The number of benzene rings is 2. The van der Waals surface area contributed by atoms with Crippen LogP contribution < -0.4 is 5.32 Å². The van der Waals surface area contributed by atoms with Gasteiger partial charge in [0.25, 0.3) is 5.91 Å². The van der Waals surface area contributed by atoms with Crippen molar-refractivity contribution in [3.63, 3.8) is 0 Å². The molecule has 0 unspecified atom stereocenters. The molecule has 128 valence electrons. The summed E-state index contributed by atoms with van der Waals surface area (Å²) in [5.74, 6) is -2.35. The summed E-state index contributed by atoms with van der Waals surface area (Å²) in [4.78, 5) is 37.5. The number of aromatic hydroxyl groups is 2. The van der Waals surface area contributed by atoms with E-state index in [-0.39, 0.29) is 33.6 Å². The Morgan fingerprint density at radius 3 is 2.44 bits per heavy atom. The molecule has 1 aliphatic rings. The summed E-state index contributed by atoms with van der Waals surface area (Å²) in [5.41, 5.74) is -0.194. The fourth-order valence-corrected chi connectivity index (χ4v) is 2.89. The molecule has 6 heteroatoms. The van der Waals surface area contributed by atoms with Crippen LogP contribution in [0.5, 0.6) is 11.5 Å². The number of carbonyl (C=O) groups is 3. The predicted octanol–water partition coefficient (Wildman–Crippen LogP) is 2.40. The van der Waals surface area contributed by atoms with Crippen LogP contribution in [-0.4, -0.2) is 34.2 Å². The largest absolute Gasteiger partial charge is 0.507 e. The van der Waals surface area contributed by atoms with Crippen molar-refractivity contribution in [2.24, 2.45) is 0 Å². The Kier molecular flexibility index (Phi) is 4.27. The smallest absolute Gasteiger partial charge is 0.251 e. The molecule has 0 aromatic heterocycles. The van der Waals surface area contributed by atoms with E-state index in [4.69, 9.17) is 0 Å². The number of amides is 1. The van der Waals surface area contributed by atoms with Crippen molar-refractivity contribution in [3.8, 4) is 11.5 Å². The lowest BCUT2D eigenvalue weighted by Gasteiger charge is -2.20. The number of carbonyl (C=O) groups excluding carboxylic acids is 3. The maximum Gasteiger partial charge on any atom is 0.251 e. The highest BCUT2D eigenvalue weighted by Crippen LogP contribution is 2.37. The third-order valence-corrected chi connectivity index (χ3v) is 4.18. The second kappa shape index (κ2) is 6.39. The van der Waals surface area contributed by atoms with Crippen molar-refractivity contribution in [1.29, 1.82) is 0 Å². The Morgan fingerprint density at radius 1 is 1.00 bits per heavy atom. The standard InChI is InChI=1S/C19H17NO5/c1-2-3-7-20-19(25)10-8-12-16(14(22)9-10)18(24)15-11(17(12)23)5-4-6-13(15)21/h4-6,8-9,21-22H,2-3,7H2,1H3,(H,20,25). The van der Waals surface area contributed by atoms with E-state index < -0.39 is 23.2 Å². The van der Waals surface area contributed by atoms with Crippen molar-refractivity contribution in [1.82, 2.24) is 5.32 Å². The molecule has 3 rings (SSSR count). The van der Waals surface area contributed by atoms with E-state index >= 15 is 0 Å². The van der Waals surface area contributed by atoms with E-state index in [1.807, 2.05) is 6.92 Å². The summed E-state index contributed by atoms with van der Waals surface area (Å²) in [6.45, 7) is 2.48. The second-order valence-corrected chi connectivity index (χ2v) is 5.89. The Bertz CT molecular complexity index is 901. The fraction of sp³-hybridized carbons (Fsp3) is 0.211. The Balaban J connectivity index is 2.07. The Morgan fingerprint density at radius 2 is 1.72 bits per heavy atom. The Labute approximate surface area is 144 Å². The molecule has 0 aliphatic heterocycles. The van der Waals surface area contributed by atoms with Crippen LogP contribution in [0.15, 0.2) is 30.3 Å². The first kappa shape index (κ1) is 16.7. The number of unbranched alkanes of at least 4 members (excludes halogenated alkanes) is 1. The first-order valence-electron chi connectivity index (χ1n) is 8.02. The normalized spacial score (nSPS) is 12.5. The lowest BCUT2D eigenvalue weighted by molar-refractivity contribution is 0.0949. The molecule has 2 aromatic rings. The molecule has 25 heavy (non-hydrogen) atoms. The molecule has 0 spiro atoms. The van der Waals surface area contributed by atoms with Crippen LogP contribution in [0.1, 0.15) is 62.0 Å². The van der Waals surface area contributed by atoms with Gasteiger partial charge < -0.3 is 15.5 Å². The highest BCUT2D eigenvalue weighted by molar-refractivity contribution is 6.30. The molecule has 1 aliphatic carbocycles. The zero-order chi connectivity index (χ0) is 18.1. The number of nitrogens with one attached hydrogen (secondary N) is 1. The van der Waals surface area contributed by atoms with E-state index in [0.29, 0.717) is 6.54 Å². The van der Waals surface area contributed by atoms with Gasteiger partial charge in [0.05, 0.1) is 11.1 Å². The minimum Gasteiger partial charge on any atom is -0.507 e.